The van der Waals surface area contributed by atoms with Crippen LogP contribution in [0.1, 0.15) is 5.56 Å². The Morgan fingerprint density at radius 2 is 1.78 bits per heavy atom. The summed E-state index contributed by atoms with van der Waals surface area (Å²) in [7, 11) is 1.53. The average Bonchev–Trinajstić information content (AvgIpc) is 2.89. The molecule has 0 aliphatic heterocycles. The molecule has 0 spiro atoms. The summed E-state index contributed by atoms with van der Waals surface area (Å²) in [6.07, 6.45) is -1.88. The maximum absolute atomic E-state index is 13.1. The quantitative estimate of drug-likeness (QED) is 0.255. The van der Waals surface area contributed by atoms with Gasteiger partial charge < -0.3 is 20.1 Å². The molecule has 0 saturated carbocycles. The normalized spacial score (nSPS) is 10.9. The van der Waals surface area contributed by atoms with Crippen molar-refractivity contribution in [3.8, 4) is 28.5 Å². The first-order valence-corrected chi connectivity index (χ1v) is 10.9. The van der Waals surface area contributed by atoms with Crippen molar-refractivity contribution in [2.75, 3.05) is 17.7 Å². The minimum absolute atomic E-state index is 0.0827. The molecule has 0 fully saturated rings. The molecule has 0 saturated heterocycles. The van der Waals surface area contributed by atoms with Crippen molar-refractivity contribution in [3.05, 3.63) is 97.2 Å². The van der Waals surface area contributed by atoms with E-state index >= 15 is 0 Å². The lowest BCUT2D eigenvalue weighted by Gasteiger charge is -2.15. The Balaban J connectivity index is 1.72. The molecule has 0 unspecified atom stereocenters. The van der Waals surface area contributed by atoms with Crippen molar-refractivity contribution in [1.82, 2.24) is 9.97 Å². The molecule has 4 rings (SSSR count). The lowest BCUT2D eigenvalue weighted by molar-refractivity contribution is -0.137. The predicted molar refractivity (Wildman–Crippen MR) is 134 cm³/mol. The van der Waals surface area contributed by atoms with E-state index in [0.717, 1.165) is 18.2 Å². The van der Waals surface area contributed by atoms with Crippen molar-refractivity contribution in [1.29, 1.82) is 0 Å². The van der Waals surface area contributed by atoms with E-state index in [-0.39, 0.29) is 11.8 Å². The summed E-state index contributed by atoms with van der Waals surface area (Å²) in [6, 6.07) is 18.3. The third-order valence-corrected chi connectivity index (χ3v) is 5.13. The molecule has 0 aliphatic carbocycles. The summed E-state index contributed by atoms with van der Waals surface area (Å²) < 4.78 is 50.6. The van der Waals surface area contributed by atoms with Gasteiger partial charge in [-0.1, -0.05) is 36.9 Å². The van der Waals surface area contributed by atoms with E-state index in [1.807, 2.05) is 12.1 Å². The Bertz CT molecular complexity index is 1420. The van der Waals surface area contributed by atoms with Crippen LogP contribution in [0.3, 0.4) is 0 Å². The van der Waals surface area contributed by atoms with E-state index in [4.69, 9.17) is 9.47 Å². The maximum atomic E-state index is 13.1. The van der Waals surface area contributed by atoms with Crippen molar-refractivity contribution in [2.24, 2.45) is 0 Å². The lowest BCUT2D eigenvalue weighted by Crippen LogP contribution is -2.07. The molecule has 0 bridgehead atoms. The third kappa shape index (κ3) is 6.23. The van der Waals surface area contributed by atoms with E-state index in [2.05, 4.69) is 27.2 Å². The number of amides is 1. The number of hydrogen-bond acceptors (Lipinski definition) is 6. The van der Waals surface area contributed by atoms with Gasteiger partial charge >= 0.3 is 6.18 Å². The van der Waals surface area contributed by atoms with Crippen molar-refractivity contribution in [2.45, 2.75) is 6.18 Å². The largest absolute Gasteiger partial charge is 0.495 e. The molecule has 10 heteroatoms. The van der Waals surface area contributed by atoms with Crippen LogP contribution in [-0.4, -0.2) is 23.0 Å². The molecule has 37 heavy (non-hydrogen) atoms. The van der Waals surface area contributed by atoms with Gasteiger partial charge in [0.1, 0.15) is 11.5 Å². The van der Waals surface area contributed by atoms with Crippen LogP contribution >= 0.6 is 0 Å². The minimum atomic E-state index is -4.47. The number of aromatic nitrogens is 2. The Labute approximate surface area is 210 Å². The zero-order valence-electron chi connectivity index (χ0n) is 19.5. The topological polar surface area (TPSA) is 85.4 Å². The predicted octanol–water partition coefficient (Wildman–Crippen LogP) is 6.83. The maximum Gasteiger partial charge on any atom is 0.416 e. The number of alkyl halides is 3. The van der Waals surface area contributed by atoms with Gasteiger partial charge in [-0.3, -0.25) is 4.79 Å². The van der Waals surface area contributed by atoms with Crippen LogP contribution in [0.4, 0.5) is 30.5 Å². The number of para-hydroxylation sites is 2. The number of ether oxygens (including phenoxy) is 2. The van der Waals surface area contributed by atoms with Gasteiger partial charge in [0.25, 0.3) is 0 Å². The monoisotopic (exact) mass is 506 g/mol. The van der Waals surface area contributed by atoms with E-state index < -0.39 is 17.6 Å². The molecule has 4 aromatic rings. The molecule has 1 aromatic heterocycles. The average molecular weight is 506 g/mol. The van der Waals surface area contributed by atoms with Gasteiger partial charge in [-0.25, -0.2) is 4.98 Å². The number of hydrogen-bond donors (Lipinski definition) is 2. The summed E-state index contributed by atoms with van der Waals surface area (Å²) in [6.45, 7) is 3.42. The summed E-state index contributed by atoms with van der Waals surface area (Å²) in [5.74, 6) is 0.751. The molecule has 7 nitrogen and oxygen atoms in total. The fourth-order valence-electron chi connectivity index (χ4n) is 3.35. The van der Waals surface area contributed by atoms with Crippen LogP contribution in [0, 0.1) is 0 Å². The third-order valence-electron chi connectivity index (χ3n) is 5.13. The first kappa shape index (κ1) is 25.2. The Kier molecular flexibility index (Phi) is 7.38. The molecule has 0 radical (unpaired) electrons. The molecular formula is C27H21F3N4O3. The van der Waals surface area contributed by atoms with Crippen molar-refractivity contribution < 1.29 is 27.4 Å². The molecule has 0 atom stereocenters. The molecule has 188 valence electrons. The van der Waals surface area contributed by atoms with Crippen LogP contribution in [-0.2, 0) is 11.0 Å². The van der Waals surface area contributed by atoms with E-state index in [1.165, 1.54) is 25.4 Å². The number of nitrogens with zero attached hydrogens (tertiary/aromatic N) is 2. The number of carbonyl (C=O) groups is 1. The summed E-state index contributed by atoms with van der Waals surface area (Å²) >= 11 is 0. The molecular weight excluding hydrogens is 485 g/mol. The molecule has 1 amide bonds. The van der Waals surface area contributed by atoms with Gasteiger partial charge in [-0.05, 0) is 48.0 Å². The minimum Gasteiger partial charge on any atom is -0.495 e. The van der Waals surface area contributed by atoms with Gasteiger partial charge in [-0.2, -0.15) is 18.2 Å². The summed E-state index contributed by atoms with van der Waals surface area (Å²) in [4.78, 5) is 20.5. The van der Waals surface area contributed by atoms with Crippen LogP contribution in [0.15, 0.2) is 91.6 Å². The molecule has 1 heterocycles. The molecule has 3 aromatic carbocycles. The zero-order valence-corrected chi connectivity index (χ0v) is 19.5. The number of benzene rings is 3. The summed E-state index contributed by atoms with van der Waals surface area (Å²) in [5.41, 5.74) is 1.06. The van der Waals surface area contributed by atoms with E-state index in [1.54, 1.807) is 36.4 Å². The number of nitrogens with one attached hydrogen (secondary N) is 2. The van der Waals surface area contributed by atoms with E-state index in [0.29, 0.717) is 34.0 Å². The zero-order chi connectivity index (χ0) is 26.4. The van der Waals surface area contributed by atoms with Gasteiger partial charge in [0.2, 0.25) is 17.7 Å². The SMILES string of the molecule is C=CC(=O)Nc1cccc(Oc2nc(Nc3ccccc3OC)ncc2-c2ccc(C(F)(F)F)cc2)c1. The number of halogens is 3. The van der Waals surface area contributed by atoms with Gasteiger partial charge in [-0.15, -0.1) is 0 Å². The Morgan fingerprint density at radius 3 is 2.49 bits per heavy atom. The van der Waals surface area contributed by atoms with Gasteiger partial charge in [0, 0.05) is 18.0 Å². The highest BCUT2D eigenvalue weighted by atomic mass is 19.4. The van der Waals surface area contributed by atoms with Gasteiger partial charge in [0.15, 0.2) is 0 Å². The number of rotatable bonds is 8. The number of methoxy groups -OCH3 is 1. The van der Waals surface area contributed by atoms with Crippen LogP contribution in [0.5, 0.6) is 17.4 Å². The second-order valence-corrected chi connectivity index (χ2v) is 7.64. The standard InChI is InChI=1S/C27H21F3N4O3/c1-3-24(35)32-19-7-6-8-20(15-19)37-25-21(17-11-13-18(14-12-17)27(28,29)30)16-31-26(34-25)33-22-9-4-5-10-23(22)36-2/h3-16H,1H2,2H3,(H,32,35)(H,31,33,34). The van der Waals surface area contributed by atoms with Crippen LogP contribution < -0.4 is 20.1 Å². The first-order valence-electron chi connectivity index (χ1n) is 10.9. The highest BCUT2D eigenvalue weighted by molar-refractivity contribution is 5.98. The smallest absolute Gasteiger partial charge is 0.416 e. The van der Waals surface area contributed by atoms with Crippen LogP contribution in [0.2, 0.25) is 0 Å². The highest BCUT2D eigenvalue weighted by Crippen LogP contribution is 2.36. The summed E-state index contributed by atoms with van der Waals surface area (Å²) in [5, 5.41) is 5.70. The highest BCUT2D eigenvalue weighted by Gasteiger charge is 2.30. The van der Waals surface area contributed by atoms with Gasteiger partial charge in [0.05, 0.1) is 23.9 Å². The number of carbonyl (C=O) groups excluding carboxylic acids is 1. The Morgan fingerprint density at radius 1 is 1.03 bits per heavy atom. The fourth-order valence-corrected chi connectivity index (χ4v) is 3.35. The molecule has 0 aliphatic rings. The molecule has 2 N–H and O–H groups in total. The fraction of sp³-hybridized carbons (Fsp3) is 0.0741. The van der Waals surface area contributed by atoms with E-state index in [9.17, 15) is 18.0 Å². The van der Waals surface area contributed by atoms with Crippen molar-refractivity contribution >= 4 is 23.2 Å². The second kappa shape index (κ2) is 10.8. The Hall–Kier alpha value is -4.86. The van der Waals surface area contributed by atoms with Crippen molar-refractivity contribution in [3.63, 3.8) is 0 Å². The lowest BCUT2D eigenvalue weighted by atomic mass is 10.1. The van der Waals surface area contributed by atoms with Crippen LogP contribution in [0.25, 0.3) is 11.1 Å². The second-order valence-electron chi connectivity index (χ2n) is 7.64. The first-order chi connectivity index (χ1) is 17.8. The number of anilines is 3.